The molecule has 0 bridgehead atoms. The molecule has 2 aromatic rings. The fraction of sp³-hybridized carbons (Fsp3) is 0.417. The molecule has 17 heavy (non-hydrogen) atoms. The molecule has 3 nitrogen and oxygen atoms in total. The highest BCUT2D eigenvalue weighted by Gasteiger charge is 2.01. The quantitative estimate of drug-likeness (QED) is 0.830. The van der Waals surface area contributed by atoms with E-state index in [9.17, 15) is 0 Å². The average Bonchev–Trinajstić information content (AvgIpc) is 2.90. The van der Waals surface area contributed by atoms with Crippen LogP contribution in [0.15, 0.2) is 28.3 Å². The summed E-state index contributed by atoms with van der Waals surface area (Å²) in [5, 5.41) is 7.74. The third kappa shape index (κ3) is 3.94. The number of nitrogens with zero attached hydrogens (tertiary/aromatic N) is 2. The van der Waals surface area contributed by atoms with Gasteiger partial charge in [-0.25, -0.2) is 0 Å². The summed E-state index contributed by atoms with van der Waals surface area (Å²) in [6.07, 6.45) is 5.21. The lowest BCUT2D eigenvalue weighted by atomic mass is 10.3. The van der Waals surface area contributed by atoms with Gasteiger partial charge >= 0.3 is 0 Å². The van der Waals surface area contributed by atoms with Crippen molar-refractivity contribution in [1.82, 2.24) is 15.1 Å². The Morgan fingerprint density at radius 3 is 3.06 bits per heavy atom. The highest BCUT2D eigenvalue weighted by Crippen LogP contribution is 2.22. The van der Waals surface area contributed by atoms with Crippen molar-refractivity contribution in [3.8, 4) is 0 Å². The van der Waals surface area contributed by atoms with E-state index in [-0.39, 0.29) is 0 Å². The number of rotatable bonds is 6. The summed E-state index contributed by atoms with van der Waals surface area (Å²) in [4.78, 5) is 1.31. The summed E-state index contributed by atoms with van der Waals surface area (Å²) in [6, 6.07) is 4.21. The predicted molar refractivity (Wildman–Crippen MR) is 75.3 cm³/mol. The number of aromatic nitrogens is 2. The van der Waals surface area contributed by atoms with Gasteiger partial charge in [0.05, 0.1) is 16.5 Å². The van der Waals surface area contributed by atoms with Crippen molar-refractivity contribution in [2.75, 3.05) is 6.54 Å². The Hall–Kier alpha value is -0.650. The van der Waals surface area contributed by atoms with Crippen LogP contribution in [-0.4, -0.2) is 16.3 Å². The molecule has 0 saturated carbocycles. The maximum atomic E-state index is 4.37. The van der Waals surface area contributed by atoms with Crippen LogP contribution in [0.25, 0.3) is 0 Å². The molecule has 0 unspecified atom stereocenters. The van der Waals surface area contributed by atoms with Gasteiger partial charge in [0.25, 0.3) is 0 Å². The van der Waals surface area contributed by atoms with E-state index in [1.54, 1.807) is 11.3 Å². The lowest BCUT2D eigenvalue weighted by molar-refractivity contribution is 0.670. The van der Waals surface area contributed by atoms with Gasteiger partial charge in [0, 0.05) is 23.2 Å². The van der Waals surface area contributed by atoms with Crippen LogP contribution in [0, 0.1) is 0 Å². The van der Waals surface area contributed by atoms with E-state index in [4.69, 9.17) is 0 Å². The molecule has 5 heteroatoms. The maximum absolute atomic E-state index is 4.37. The molecule has 0 radical (unpaired) electrons. The fourth-order valence-electron chi connectivity index (χ4n) is 1.59. The van der Waals surface area contributed by atoms with Crippen molar-refractivity contribution in [3.05, 3.63) is 38.8 Å². The van der Waals surface area contributed by atoms with Gasteiger partial charge in [-0.2, -0.15) is 5.10 Å². The van der Waals surface area contributed by atoms with Crippen LogP contribution in [0.1, 0.15) is 23.8 Å². The molecule has 0 aliphatic carbocycles. The highest BCUT2D eigenvalue weighted by atomic mass is 79.9. The standard InChI is InChI=1S/C12H16BrN3S/c1-2-5-14-6-10-7-15-16(8-10)9-11-3-4-12(13)17-11/h3-4,7-8,14H,2,5-6,9H2,1H3. The molecule has 2 heterocycles. The second-order valence-electron chi connectivity index (χ2n) is 3.93. The van der Waals surface area contributed by atoms with Crippen LogP contribution < -0.4 is 5.32 Å². The van der Waals surface area contributed by atoms with Crippen LogP contribution in [0.2, 0.25) is 0 Å². The number of halogens is 1. The first-order valence-electron chi connectivity index (χ1n) is 5.74. The van der Waals surface area contributed by atoms with Gasteiger partial charge in [-0.1, -0.05) is 6.92 Å². The van der Waals surface area contributed by atoms with Crippen LogP contribution >= 0.6 is 27.3 Å². The Balaban J connectivity index is 1.89. The van der Waals surface area contributed by atoms with Gasteiger partial charge in [-0.05, 0) is 41.0 Å². The van der Waals surface area contributed by atoms with E-state index in [1.165, 1.54) is 14.2 Å². The predicted octanol–water partition coefficient (Wildman–Crippen LogP) is 3.26. The summed E-state index contributed by atoms with van der Waals surface area (Å²) in [5.41, 5.74) is 1.24. The third-order valence-electron chi connectivity index (χ3n) is 2.39. The van der Waals surface area contributed by atoms with E-state index < -0.39 is 0 Å². The molecule has 0 aliphatic rings. The zero-order valence-electron chi connectivity index (χ0n) is 9.82. The summed E-state index contributed by atoms with van der Waals surface area (Å²) in [5.74, 6) is 0. The lowest BCUT2D eigenvalue weighted by Crippen LogP contribution is -2.13. The highest BCUT2D eigenvalue weighted by molar-refractivity contribution is 9.11. The minimum atomic E-state index is 0.851. The molecule has 1 N–H and O–H groups in total. The minimum absolute atomic E-state index is 0.851. The molecule has 0 saturated heterocycles. The zero-order chi connectivity index (χ0) is 12.1. The first-order valence-corrected chi connectivity index (χ1v) is 7.35. The van der Waals surface area contributed by atoms with Gasteiger partial charge < -0.3 is 5.32 Å². The van der Waals surface area contributed by atoms with E-state index in [1.807, 2.05) is 10.9 Å². The van der Waals surface area contributed by atoms with Crippen molar-refractivity contribution >= 4 is 27.3 Å². The van der Waals surface area contributed by atoms with Crippen LogP contribution in [0.4, 0.5) is 0 Å². The normalized spacial score (nSPS) is 10.9. The maximum Gasteiger partial charge on any atom is 0.0752 e. The first kappa shape index (κ1) is 12.8. The SMILES string of the molecule is CCCNCc1cnn(Cc2ccc(Br)s2)c1. The lowest BCUT2D eigenvalue weighted by Gasteiger charge is -1.99. The summed E-state index contributed by atoms with van der Waals surface area (Å²) >= 11 is 5.23. The molecule has 0 fully saturated rings. The van der Waals surface area contributed by atoms with Gasteiger partial charge in [-0.15, -0.1) is 11.3 Å². The first-order chi connectivity index (χ1) is 8.28. The van der Waals surface area contributed by atoms with Crippen molar-refractivity contribution in [3.63, 3.8) is 0 Å². The Labute approximate surface area is 114 Å². The molecule has 0 aromatic carbocycles. The van der Waals surface area contributed by atoms with Gasteiger partial charge in [0.1, 0.15) is 0 Å². The molecule has 2 aromatic heterocycles. The molecular weight excluding hydrogens is 298 g/mol. The average molecular weight is 314 g/mol. The Kier molecular flexibility index (Phi) is 4.76. The monoisotopic (exact) mass is 313 g/mol. The number of thiophene rings is 1. The largest absolute Gasteiger partial charge is 0.313 e. The number of hydrogen-bond donors (Lipinski definition) is 1. The van der Waals surface area contributed by atoms with Gasteiger partial charge in [0.15, 0.2) is 0 Å². The second-order valence-corrected chi connectivity index (χ2v) is 6.48. The number of nitrogens with one attached hydrogen (secondary N) is 1. The van der Waals surface area contributed by atoms with Crippen molar-refractivity contribution < 1.29 is 0 Å². The topological polar surface area (TPSA) is 29.9 Å². The van der Waals surface area contributed by atoms with Crippen LogP contribution in [0.5, 0.6) is 0 Å². The van der Waals surface area contributed by atoms with Crippen LogP contribution in [-0.2, 0) is 13.1 Å². The Morgan fingerprint density at radius 1 is 1.47 bits per heavy atom. The zero-order valence-corrected chi connectivity index (χ0v) is 12.2. The van der Waals surface area contributed by atoms with Crippen molar-refractivity contribution in [2.45, 2.75) is 26.4 Å². The van der Waals surface area contributed by atoms with E-state index in [0.717, 1.165) is 26.1 Å². The van der Waals surface area contributed by atoms with E-state index in [0.29, 0.717) is 0 Å². The Morgan fingerprint density at radius 2 is 2.35 bits per heavy atom. The minimum Gasteiger partial charge on any atom is -0.313 e. The van der Waals surface area contributed by atoms with Crippen molar-refractivity contribution in [2.24, 2.45) is 0 Å². The second kappa shape index (κ2) is 6.33. The third-order valence-corrected chi connectivity index (χ3v) is 4.00. The molecule has 0 atom stereocenters. The van der Waals surface area contributed by atoms with Crippen LogP contribution in [0.3, 0.4) is 0 Å². The summed E-state index contributed by atoms with van der Waals surface area (Å²) < 4.78 is 3.16. The molecule has 0 amide bonds. The number of hydrogen-bond acceptors (Lipinski definition) is 3. The smallest absolute Gasteiger partial charge is 0.0752 e. The molecule has 2 rings (SSSR count). The van der Waals surface area contributed by atoms with Gasteiger partial charge in [-0.3, -0.25) is 4.68 Å². The van der Waals surface area contributed by atoms with E-state index in [2.05, 4.69) is 51.6 Å². The van der Waals surface area contributed by atoms with Crippen molar-refractivity contribution in [1.29, 1.82) is 0 Å². The molecule has 0 aliphatic heterocycles. The van der Waals surface area contributed by atoms with E-state index >= 15 is 0 Å². The Bertz CT molecular complexity index is 464. The van der Waals surface area contributed by atoms with Gasteiger partial charge in [0.2, 0.25) is 0 Å². The summed E-state index contributed by atoms with van der Waals surface area (Å²) in [6.45, 7) is 4.99. The molecule has 0 spiro atoms. The molecular formula is C12H16BrN3S. The molecule has 92 valence electrons. The summed E-state index contributed by atoms with van der Waals surface area (Å²) in [7, 11) is 0. The fourth-order valence-corrected chi connectivity index (χ4v) is 3.07.